The van der Waals surface area contributed by atoms with E-state index >= 15 is 0 Å². The molecule has 0 aliphatic heterocycles. The van der Waals surface area contributed by atoms with Gasteiger partial charge in [0.2, 0.25) is 5.95 Å². The zero-order valence-electron chi connectivity index (χ0n) is 7.05. The van der Waals surface area contributed by atoms with E-state index in [4.69, 9.17) is 5.73 Å². The largest absolute Gasteiger partial charge is 0.403 e. The van der Waals surface area contributed by atoms with Crippen molar-refractivity contribution in [1.82, 2.24) is 4.98 Å². The number of pyridine rings is 1. The highest BCUT2D eigenvalue weighted by atomic mass is 19.4. The molecule has 1 aromatic heterocycles. The maximum absolute atomic E-state index is 12.8. The van der Waals surface area contributed by atoms with Gasteiger partial charge in [-0.25, -0.2) is 4.98 Å². The summed E-state index contributed by atoms with van der Waals surface area (Å²) in [5.41, 5.74) is 4.70. The first-order valence-electron chi connectivity index (χ1n) is 3.83. The van der Waals surface area contributed by atoms with Crippen molar-refractivity contribution in [2.24, 2.45) is 5.73 Å². The maximum Gasteiger partial charge on any atom is 0.403 e. The molecule has 0 saturated heterocycles. The molecule has 0 saturated carbocycles. The second-order valence-electron chi connectivity index (χ2n) is 2.81. The van der Waals surface area contributed by atoms with Crippen molar-refractivity contribution in [2.75, 3.05) is 0 Å². The normalized spacial score (nSPS) is 14.1. The van der Waals surface area contributed by atoms with Gasteiger partial charge in [0.15, 0.2) is 0 Å². The third kappa shape index (κ3) is 2.66. The van der Waals surface area contributed by atoms with Crippen LogP contribution in [-0.4, -0.2) is 17.2 Å². The number of rotatable bonds is 2. The molecule has 6 heteroatoms. The molecule has 1 atom stereocenters. The molecule has 2 N–H and O–H groups in total. The standard InChI is InChI=1S/C8H8F4N2/c9-7-5(2-1-3-14-7)4-6(13)8(10,11)12/h1-3,6H,4,13H2. The van der Waals surface area contributed by atoms with Crippen LogP contribution >= 0.6 is 0 Å². The fourth-order valence-electron chi connectivity index (χ4n) is 0.924. The molecule has 0 aliphatic rings. The van der Waals surface area contributed by atoms with Crippen molar-refractivity contribution in [3.8, 4) is 0 Å². The van der Waals surface area contributed by atoms with E-state index in [1.165, 1.54) is 12.1 Å². The lowest BCUT2D eigenvalue weighted by molar-refractivity contribution is -0.147. The zero-order valence-corrected chi connectivity index (χ0v) is 7.05. The van der Waals surface area contributed by atoms with Crippen LogP contribution in [0.15, 0.2) is 18.3 Å². The maximum atomic E-state index is 12.8. The molecule has 1 heterocycles. The monoisotopic (exact) mass is 208 g/mol. The van der Waals surface area contributed by atoms with Crippen molar-refractivity contribution in [3.05, 3.63) is 29.8 Å². The average Bonchev–Trinajstić information content (AvgIpc) is 2.07. The number of hydrogen-bond donors (Lipinski definition) is 1. The Hall–Kier alpha value is -1.17. The fraction of sp³-hybridized carbons (Fsp3) is 0.375. The molecule has 0 aromatic carbocycles. The van der Waals surface area contributed by atoms with Crippen LogP contribution in [0.5, 0.6) is 0 Å². The summed E-state index contributed by atoms with van der Waals surface area (Å²) >= 11 is 0. The summed E-state index contributed by atoms with van der Waals surface area (Å²) in [6.07, 6.45) is -3.94. The van der Waals surface area contributed by atoms with Crippen LogP contribution in [0.4, 0.5) is 17.6 Å². The fourth-order valence-corrected chi connectivity index (χ4v) is 0.924. The molecule has 2 nitrogen and oxygen atoms in total. The second-order valence-corrected chi connectivity index (χ2v) is 2.81. The molecule has 1 aromatic rings. The summed E-state index contributed by atoms with van der Waals surface area (Å²) in [6.45, 7) is 0. The number of alkyl halides is 3. The highest BCUT2D eigenvalue weighted by Gasteiger charge is 2.36. The van der Waals surface area contributed by atoms with Crippen LogP contribution in [0.3, 0.4) is 0 Å². The molecule has 0 amide bonds. The lowest BCUT2D eigenvalue weighted by atomic mass is 10.1. The van der Waals surface area contributed by atoms with E-state index in [0.29, 0.717) is 0 Å². The van der Waals surface area contributed by atoms with E-state index in [1.54, 1.807) is 0 Å². The minimum absolute atomic E-state index is 0.127. The molecular weight excluding hydrogens is 200 g/mol. The Balaban J connectivity index is 2.75. The summed E-state index contributed by atoms with van der Waals surface area (Å²) < 4.78 is 48.8. The van der Waals surface area contributed by atoms with Crippen molar-refractivity contribution in [1.29, 1.82) is 0 Å². The van der Waals surface area contributed by atoms with Gasteiger partial charge in [-0.2, -0.15) is 17.6 Å². The van der Waals surface area contributed by atoms with E-state index in [1.807, 2.05) is 0 Å². The molecule has 14 heavy (non-hydrogen) atoms. The predicted molar refractivity (Wildman–Crippen MR) is 41.9 cm³/mol. The van der Waals surface area contributed by atoms with Gasteiger partial charge in [0, 0.05) is 18.2 Å². The van der Waals surface area contributed by atoms with E-state index in [2.05, 4.69) is 4.98 Å². The van der Waals surface area contributed by atoms with Gasteiger partial charge in [0.1, 0.15) is 6.04 Å². The molecule has 0 radical (unpaired) electrons. The lowest BCUT2D eigenvalue weighted by Crippen LogP contribution is -2.39. The van der Waals surface area contributed by atoms with Crippen LogP contribution in [0, 0.1) is 5.95 Å². The quantitative estimate of drug-likeness (QED) is 0.592. The molecule has 1 unspecified atom stereocenters. The predicted octanol–water partition coefficient (Wildman–Crippen LogP) is 1.65. The van der Waals surface area contributed by atoms with Gasteiger partial charge in [-0.1, -0.05) is 6.07 Å². The van der Waals surface area contributed by atoms with Gasteiger partial charge in [-0.3, -0.25) is 0 Å². The van der Waals surface area contributed by atoms with Gasteiger partial charge in [0.05, 0.1) is 0 Å². The third-order valence-corrected chi connectivity index (χ3v) is 1.70. The van der Waals surface area contributed by atoms with Crippen LogP contribution < -0.4 is 5.73 Å². The van der Waals surface area contributed by atoms with Crippen LogP contribution in [0.1, 0.15) is 5.56 Å². The van der Waals surface area contributed by atoms with E-state index in [9.17, 15) is 17.6 Å². The average molecular weight is 208 g/mol. The van der Waals surface area contributed by atoms with Gasteiger partial charge in [-0.05, 0) is 6.07 Å². The van der Waals surface area contributed by atoms with Crippen molar-refractivity contribution < 1.29 is 17.6 Å². The minimum atomic E-state index is -4.51. The Morgan fingerprint density at radius 3 is 2.57 bits per heavy atom. The highest BCUT2D eigenvalue weighted by molar-refractivity contribution is 5.12. The Morgan fingerprint density at radius 2 is 2.07 bits per heavy atom. The summed E-state index contributed by atoms with van der Waals surface area (Å²) in [5, 5.41) is 0. The van der Waals surface area contributed by atoms with Crippen LogP contribution in [0.25, 0.3) is 0 Å². The smallest absolute Gasteiger partial charge is 0.320 e. The SMILES string of the molecule is NC(Cc1cccnc1F)C(F)(F)F. The molecule has 0 spiro atoms. The summed E-state index contributed by atoms with van der Waals surface area (Å²) in [4.78, 5) is 3.22. The second kappa shape index (κ2) is 3.91. The van der Waals surface area contributed by atoms with E-state index in [0.717, 1.165) is 6.20 Å². The topological polar surface area (TPSA) is 38.9 Å². The lowest BCUT2D eigenvalue weighted by Gasteiger charge is -2.15. The zero-order chi connectivity index (χ0) is 10.8. The summed E-state index contributed by atoms with van der Waals surface area (Å²) in [6, 6.07) is 0.538. The molecule has 0 fully saturated rings. The first-order valence-corrected chi connectivity index (χ1v) is 3.83. The number of hydrogen-bond acceptors (Lipinski definition) is 2. The van der Waals surface area contributed by atoms with Gasteiger partial charge >= 0.3 is 6.18 Å². The van der Waals surface area contributed by atoms with E-state index < -0.39 is 24.6 Å². The first kappa shape index (κ1) is 10.9. The third-order valence-electron chi connectivity index (χ3n) is 1.70. The number of aromatic nitrogens is 1. The number of halogens is 4. The summed E-state index contributed by atoms with van der Waals surface area (Å²) in [5.74, 6) is -0.910. The van der Waals surface area contributed by atoms with Gasteiger partial charge in [-0.15, -0.1) is 0 Å². The van der Waals surface area contributed by atoms with Crippen molar-refractivity contribution in [2.45, 2.75) is 18.6 Å². The van der Waals surface area contributed by atoms with Crippen molar-refractivity contribution in [3.63, 3.8) is 0 Å². The summed E-state index contributed by atoms with van der Waals surface area (Å²) in [7, 11) is 0. The molecule has 0 aliphatic carbocycles. The Bertz CT molecular complexity index is 310. The molecular formula is C8H8F4N2. The van der Waals surface area contributed by atoms with Crippen LogP contribution in [0.2, 0.25) is 0 Å². The van der Waals surface area contributed by atoms with E-state index in [-0.39, 0.29) is 5.56 Å². The number of nitrogens with zero attached hydrogens (tertiary/aromatic N) is 1. The van der Waals surface area contributed by atoms with Crippen molar-refractivity contribution >= 4 is 0 Å². The van der Waals surface area contributed by atoms with Gasteiger partial charge < -0.3 is 5.73 Å². The Morgan fingerprint density at radius 1 is 1.43 bits per heavy atom. The molecule has 1 rings (SSSR count). The number of nitrogens with two attached hydrogens (primary N) is 1. The Labute approximate surface area is 77.7 Å². The van der Waals surface area contributed by atoms with Crippen LogP contribution in [-0.2, 0) is 6.42 Å². The first-order chi connectivity index (χ1) is 6.41. The van der Waals surface area contributed by atoms with Gasteiger partial charge in [0.25, 0.3) is 0 Å². The Kier molecular flexibility index (Phi) is 3.05. The minimum Gasteiger partial charge on any atom is -0.320 e. The highest BCUT2D eigenvalue weighted by Crippen LogP contribution is 2.21. The molecule has 0 bridgehead atoms. The molecule has 78 valence electrons.